The van der Waals surface area contributed by atoms with E-state index in [0.29, 0.717) is 54.4 Å². The zero-order chi connectivity index (χ0) is 43.3. The van der Waals surface area contributed by atoms with Gasteiger partial charge in [-0.3, -0.25) is 34.2 Å². The number of halogens is 3. The molecule has 14 nitrogen and oxygen atoms in total. The Bertz CT molecular complexity index is 2320. The van der Waals surface area contributed by atoms with Crippen LogP contribution in [0.1, 0.15) is 83.2 Å². The molecule has 6 aliphatic rings. The largest absolute Gasteiger partial charge is 0.417 e. The maximum absolute atomic E-state index is 13.5. The molecular weight excluding hydrogens is 804 g/mol. The van der Waals surface area contributed by atoms with Gasteiger partial charge in [0.2, 0.25) is 17.7 Å². The summed E-state index contributed by atoms with van der Waals surface area (Å²) in [7, 11) is 0. The summed E-state index contributed by atoms with van der Waals surface area (Å²) in [6.45, 7) is 7.60. The van der Waals surface area contributed by atoms with E-state index in [4.69, 9.17) is 5.26 Å². The van der Waals surface area contributed by atoms with Crippen LogP contribution in [0.2, 0.25) is 0 Å². The van der Waals surface area contributed by atoms with E-state index in [-0.39, 0.29) is 30.1 Å². The molecule has 2 N–H and O–H groups in total. The number of likely N-dealkylation sites (tertiary alicyclic amines) is 1. The van der Waals surface area contributed by atoms with Gasteiger partial charge in [-0.1, -0.05) is 0 Å². The fraction of sp³-hybridized carbons (Fsp3) is 0.489. The first-order valence-corrected chi connectivity index (χ1v) is 21.5. The average Bonchev–Trinajstić information content (AvgIpc) is 3.51. The Labute approximate surface area is 357 Å². The van der Waals surface area contributed by atoms with E-state index in [1.54, 1.807) is 24.4 Å². The van der Waals surface area contributed by atoms with Gasteiger partial charge in [0.1, 0.15) is 11.9 Å². The average molecular weight is 852 g/mol. The zero-order valence-corrected chi connectivity index (χ0v) is 34.3. The number of benzene rings is 2. The number of rotatable bonds is 8. The minimum absolute atomic E-state index is 0.0852. The molecule has 6 aliphatic heterocycles. The smallest absolute Gasteiger partial charge is 0.371 e. The molecule has 3 aromatic rings. The van der Waals surface area contributed by atoms with Crippen LogP contribution in [0.5, 0.6) is 0 Å². The summed E-state index contributed by atoms with van der Waals surface area (Å²) in [5.41, 5.74) is 1.42. The van der Waals surface area contributed by atoms with Crippen molar-refractivity contribution in [2.75, 3.05) is 78.9 Å². The molecule has 9 rings (SSSR count). The van der Waals surface area contributed by atoms with Crippen LogP contribution in [0, 0.1) is 28.6 Å². The molecule has 7 heterocycles. The van der Waals surface area contributed by atoms with Gasteiger partial charge in [-0.2, -0.15) is 18.4 Å². The van der Waals surface area contributed by atoms with Crippen molar-refractivity contribution >= 4 is 52.4 Å². The van der Waals surface area contributed by atoms with Gasteiger partial charge < -0.3 is 24.9 Å². The predicted molar refractivity (Wildman–Crippen MR) is 222 cm³/mol. The number of nitrogens with zero attached hydrogens (tertiary/aromatic N) is 7. The number of amides is 5. The van der Waals surface area contributed by atoms with Gasteiger partial charge in [0, 0.05) is 82.6 Å². The molecule has 5 amide bonds. The van der Waals surface area contributed by atoms with Gasteiger partial charge in [-0.05, 0) is 105 Å². The number of hydrogen-bond acceptors (Lipinski definition) is 11. The molecule has 0 radical (unpaired) electrons. The lowest BCUT2D eigenvalue weighted by Crippen LogP contribution is -2.61. The Morgan fingerprint density at radius 1 is 0.823 bits per heavy atom. The lowest BCUT2D eigenvalue weighted by atomic mass is 9.71. The van der Waals surface area contributed by atoms with Crippen LogP contribution in [-0.2, 0) is 20.6 Å². The molecule has 17 heteroatoms. The quantitative estimate of drug-likeness (QED) is 0.292. The lowest BCUT2D eigenvalue weighted by molar-refractivity contribution is -0.138. The summed E-state index contributed by atoms with van der Waals surface area (Å²) in [5, 5.41) is 14.3. The van der Waals surface area contributed by atoms with E-state index >= 15 is 0 Å². The molecule has 1 aromatic heterocycles. The molecule has 324 valence electrons. The maximum atomic E-state index is 13.5. The van der Waals surface area contributed by atoms with E-state index in [9.17, 15) is 37.1 Å². The van der Waals surface area contributed by atoms with Gasteiger partial charge in [-0.15, -0.1) is 0 Å². The molecular formula is C45H48F3N9O5. The third-order valence-corrected chi connectivity index (χ3v) is 13.9. The third-order valence-electron chi connectivity index (χ3n) is 13.9. The van der Waals surface area contributed by atoms with Crippen molar-refractivity contribution in [1.82, 2.24) is 20.1 Å². The predicted octanol–water partition coefficient (Wildman–Crippen LogP) is 5.05. The Hall–Kier alpha value is -6.02. The number of piperidine rings is 4. The number of carbonyl (C=O) groups excluding carboxylic acids is 5. The van der Waals surface area contributed by atoms with Crippen molar-refractivity contribution in [3.05, 3.63) is 77.0 Å². The minimum atomic E-state index is -4.62. The Morgan fingerprint density at radius 2 is 1.48 bits per heavy atom. The fourth-order valence-corrected chi connectivity index (χ4v) is 10.3. The highest BCUT2D eigenvalue weighted by Crippen LogP contribution is 2.43. The van der Waals surface area contributed by atoms with E-state index < -0.39 is 47.0 Å². The molecule has 1 unspecified atom stereocenters. The molecule has 1 spiro atoms. The highest BCUT2D eigenvalue weighted by molar-refractivity contribution is 6.23. The Balaban J connectivity index is 0.690. The Kier molecular flexibility index (Phi) is 10.9. The van der Waals surface area contributed by atoms with Gasteiger partial charge >= 0.3 is 6.18 Å². The van der Waals surface area contributed by atoms with Crippen LogP contribution in [0.3, 0.4) is 0 Å². The number of anilines is 4. The second-order valence-electron chi connectivity index (χ2n) is 17.8. The van der Waals surface area contributed by atoms with Crippen molar-refractivity contribution < 1.29 is 37.1 Å². The second-order valence-corrected chi connectivity index (χ2v) is 17.8. The summed E-state index contributed by atoms with van der Waals surface area (Å²) in [6, 6.07) is 13.5. The molecule has 0 bridgehead atoms. The normalized spacial score (nSPS) is 22.4. The van der Waals surface area contributed by atoms with Crippen LogP contribution in [0.4, 0.5) is 36.1 Å². The Morgan fingerprint density at radius 3 is 2.15 bits per heavy atom. The SMILES string of the molecule is N#Cc1ccc(N2CCC(C(=O)Nc3ccc(N4CCC(CN5CC6(CCN(c7ccc8c(c7)C(=O)N(C7CCC(=O)NC7=O)C8=O)CC6)C5)CC4)nc3)CC2)cc1C(F)(F)F. The standard InChI is InChI=1S/C45H48F3N9O5/c46-45(47,48)36-22-33(3-1-30(36)23-49)54-17-11-29(12-18-54)40(59)51-31-2-7-38(50-24-31)56-15-9-28(10-16-56)25-53-26-44(27-53)13-19-55(20-14-44)32-4-5-34-35(21-32)43(62)57(42(34)61)37-6-8-39(58)52-41(37)60/h1-5,7,21-22,24,28-29,37H,6,8-20,25-27H2,(H,51,59)(H,52,58,60). The second kappa shape index (κ2) is 16.4. The monoisotopic (exact) mass is 851 g/mol. The summed E-state index contributed by atoms with van der Waals surface area (Å²) in [6.07, 6.45) is 2.48. The highest BCUT2D eigenvalue weighted by Gasteiger charge is 2.47. The number of pyridine rings is 1. The molecule has 0 saturated carbocycles. The first kappa shape index (κ1) is 41.3. The number of aromatic nitrogens is 1. The number of alkyl halides is 3. The van der Waals surface area contributed by atoms with Gasteiger partial charge in [0.25, 0.3) is 11.8 Å². The topological polar surface area (TPSA) is 162 Å². The van der Waals surface area contributed by atoms with Crippen molar-refractivity contribution in [1.29, 1.82) is 5.26 Å². The zero-order valence-electron chi connectivity index (χ0n) is 34.3. The summed E-state index contributed by atoms with van der Waals surface area (Å²) < 4.78 is 40.4. The van der Waals surface area contributed by atoms with Gasteiger partial charge in [0.15, 0.2) is 0 Å². The number of nitriles is 1. The van der Waals surface area contributed by atoms with Crippen molar-refractivity contribution in [2.24, 2.45) is 17.3 Å². The molecule has 62 heavy (non-hydrogen) atoms. The first-order chi connectivity index (χ1) is 29.8. The van der Waals surface area contributed by atoms with Crippen molar-refractivity contribution in [2.45, 2.75) is 63.6 Å². The maximum Gasteiger partial charge on any atom is 0.417 e. The van der Waals surface area contributed by atoms with E-state index in [1.165, 1.54) is 12.1 Å². The summed E-state index contributed by atoms with van der Waals surface area (Å²) >= 11 is 0. The lowest BCUT2D eigenvalue weighted by Gasteiger charge is -2.55. The number of imide groups is 2. The third kappa shape index (κ3) is 8.07. The van der Waals surface area contributed by atoms with Crippen LogP contribution >= 0.6 is 0 Å². The molecule has 5 fully saturated rings. The summed E-state index contributed by atoms with van der Waals surface area (Å²) in [4.78, 5) is 78.3. The molecule has 1 atom stereocenters. The van der Waals surface area contributed by atoms with Crippen LogP contribution in [0.15, 0.2) is 54.7 Å². The summed E-state index contributed by atoms with van der Waals surface area (Å²) in [5.74, 6) is -0.930. The van der Waals surface area contributed by atoms with Crippen molar-refractivity contribution in [3.63, 3.8) is 0 Å². The number of nitrogens with one attached hydrogen (secondary N) is 2. The molecule has 2 aromatic carbocycles. The fourth-order valence-electron chi connectivity index (χ4n) is 10.3. The highest BCUT2D eigenvalue weighted by atomic mass is 19.4. The van der Waals surface area contributed by atoms with E-state index in [2.05, 4.69) is 30.3 Å². The minimum Gasteiger partial charge on any atom is -0.371 e. The molecule has 0 aliphatic carbocycles. The van der Waals surface area contributed by atoms with Gasteiger partial charge in [-0.25, -0.2) is 4.98 Å². The number of hydrogen-bond donors (Lipinski definition) is 2. The number of fused-ring (bicyclic) bond motifs is 1. The number of carbonyl (C=O) groups is 5. The van der Waals surface area contributed by atoms with Crippen LogP contribution in [-0.4, -0.2) is 109 Å². The first-order valence-electron chi connectivity index (χ1n) is 21.5. The molecule has 5 saturated heterocycles. The van der Waals surface area contributed by atoms with Crippen LogP contribution < -0.4 is 25.3 Å². The van der Waals surface area contributed by atoms with E-state index in [0.717, 1.165) is 94.0 Å². The van der Waals surface area contributed by atoms with Crippen LogP contribution in [0.25, 0.3) is 0 Å². The van der Waals surface area contributed by atoms with Crippen molar-refractivity contribution in [3.8, 4) is 6.07 Å². The van der Waals surface area contributed by atoms with E-state index in [1.807, 2.05) is 23.1 Å². The van der Waals surface area contributed by atoms with Gasteiger partial charge in [0.05, 0.1) is 40.2 Å².